The van der Waals surface area contributed by atoms with Crippen LogP contribution in [0.2, 0.25) is 0 Å². The normalized spacial score (nSPS) is 14.6. The largest absolute Gasteiger partial charge is 0.496 e. The number of esters is 1. The lowest BCUT2D eigenvalue weighted by Crippen LogP contribution is -2.44. The van der Waals surface area contributed by atoms with E-state index in [0.29, 0.717) is 5.56 Å². The molecule has 2 aromatic carbocycles. The van der Waals surface area contributed by atoms with Crippen LogP contribution in [0.5, 0.6) is 11.5 Å². The molecule has 0 unspecified atom stereocenters. The van der Waals surface area contributed by atoms with E-state index in [2.05, 4.69) is 32.2 Å². The van der Waals surface area contributed by atoms with Crippen LogP contribution < -0.4 is 25.8 Å². The number of nitrogens with one attached hydrogen (secondary N) is 3. The van der Waals surface area contributed by atoms with Crippen molar-refractivity contribution in [3.63, 3.8) is 0 Å². The Bertz CT molecular complexity index is 1150. The molecule has 3 rings (SSSR count). The molecule has 12 nitrogen and oxygen atoms in total. The Hall–Kier alpha value is -4.13. The molecule has 1 atom stereocenters. The molecule has 1 fully saturated rings. The zero-order valence-corrected chi connectivity index (χ0v) is 20.9. The summed E-state index contributed by atoms with van der Waals surface area (Å²) in [7, 11) is 2.78. The molecule has 0 radical (unpaired) electrons. The zero-order valence-electron chi connectivity index (χ0n) is 19.3. The highest BCUT2D eigenvalue weighted by Crippen LogP contribution is 2.28. The maximum atomic E-state index is 12.8. The van der Waals surface area contributed by atoms with Gasteiger partial charge in [-0.3, -0.25) is 45.3 Å². The molecule has 1 heterocycles. The van der Waals surface area contributed by atoms with Gasteiger partial charge in [0.2, 0.25) is 5.91 Å². The average molecular weight is 563 g/mol. The number of hydrogen-bond donors (Lipinski definition) is 3. The van der Waals surface area contributed by atoms with E-state index in [0.717, 1.165) is 9.48 Å². The van der Waals surface area contributed by atoms with Crippen LogP contribution in [0.1, 0.15) is 27.1 Å². The number of nitrogens with zero attached hydrogens (tertiary/aromatic N) is 1. The van der Waals surface area contributed by atoms with Gasteiger partial charge in [0.25, 0.3) is 17.7 Å². The second-order valence-corrected chi connectivity index (χ2v) is 8.42. The molecule has 36 heavy (non-hydrogen) atoms. The number of carbonyl (C=O) groups excluding carboxylic acids is 5. The smallest absolute Gasteiger partial charge is 0.311 e. The van der Waals surface area contributed by atoms with Gasteiger partial charge in [-0.15, -0.1) is 0 Å². The molecule has 0 aromatic heterocycles. The van der Waals surface area contributed by atoms with E-state index in [-0.39, 0.29) is 30.0 Å². The fraction of sp³-hybridized carbons (Fsp3) is 0.261. The van der Waals surface area contributed by atoms with Gasteiger partial charge in [0.15, 0.2) is 6.61 Å². The van der Waals surface area contributed by atoms with Gasteiger partial charge in [0.05, 0.1) is 26.7 Å². The van der Waals surface area contributed by atoms with Crippen LogP contribution in [0, 0.1) is 5.92 Å². The number of rotatable bonds is 8. The van der Waals surface area contributed by atoms with Gasteiger partial charge in [-0.1, -0.05) is 22.0 Å². The summed E-state index contributed by atoms with van der Waals surface area (Å²) in [5, 5.41) is 0.999. The standard InChI is InChI=1S/C23H23BrN4O8/c1-34-16-4-3-5-17(35-2)20(16)22(32)27-28-11-14(10-19(28)30)23(33)36-12-18(29)25-26-21(31)13-6-8-15(24)9-7-13/h3-9,14H,10-12H2,1-2H3,(H,25,29)(H,26,31)(H,27,32)/t14-/m0/s1. The van der Waals surface area contributed by atoms with Crippen LogP contribution in [0.3, 0.4) is 0 Å². The molecule has 1 aliphatic heterocycles. The maximum absolute atomic E-state index is 12.8. The van der Waals surface area contributed by atoms with E-state index in [9.17, 15) is 24.0 Å². The first kappa shape index (κ1) is 26.5. The van der Waals surface area contributed by atoms with Crippen LogP contribution in [0.4, 0.5) is 0 Å². The number of benzene rings is 2. The van der Waals surface area contributed by atoms with Crippen molar-refractivity contribution in [2.45, 2.75) is 6.42 Å². The van der Waals surface area contributed by atoms with E-state index in [1.54, 1.807) is 42.5 Å². The highest BCUT2D eigenvalue weighted by molar-refractivity contribution is 9.10. The van der Waals surface area contributed by atoms with Crippen LogP contribution >= 0.6 is 15.9 Å². The molecular formula is C23H23BrN4O8. The molecule has 3 N–H and O–H groups in total. The van der Waals surface area contributed by atoms with Crippen molar-refractivity contribution >= 4 is 45.5 Å². The molecule has 0 aliphatic carbocycles. The average Bonchev–Trinajstić information content (AvgIpc) is 3.25. The van der Waals surface area contributed by atoms with Crippen molar-refractivity contribution in [3.05, 3.63) is 58.1 Å². The Balaban J connectivity index is 1.48. The van der Waals surface area contributed by atoms with Gasteiger partial charge in [-0.2, -0.15) is 0 Å². The number of hydrogen-bond acceptors (Lipinski definition) is 8. The zero-order chi connectivity index (χ0) is 26.2. The molecule has 0 saturated carbocycles. The summed E-state index contributed by atoms with van der Waals surface area (Å²) in [5.41, 5.74) is 7.19. The minimum absolute atomic E-state index is 0.0863. The number of halogens is 1. The van der Waals surface area contributed by atoms with Gasteiger partial charge >= 0.3 is 5.97 Å². The molecular weight excluding hydrogens is 540 g/mol. The van der Waals surface area contributed by atoms with Crippen molar-refractivity contribution < 1.29 is 38.2 Å². The van der Waals surface area contributed by atoms with E-state index >= 15 is 0 Å². The maximum Gasteiger partial charge on any atom is 0.311 e. The Morgan fingerprint density at radius 3 is 2.22 bits per heavy atom. The summed E-state index contributed by atoms with van der Waals surface area (Å²) in [4.78, 5) is 61.4. The Morgan fingerprint density at radius 2 is 1.61 bits per heavy atom. The van der Waals surface area contributed by atoms with Gasteiger partial charge in [-0.05, 0) is 36.4 Å². The molecule has 190 valence electrons. The Labute approximate surface area is 214 Å². The highest BCUT2D eigenvalue weighted by Gasteiger charge is 2.37. The lowest BCUT2D eigenvalue weighted by atomic mass is 10.1. The minimum Gasteiger partial charge on any atom is -0.496 e. The molecule has 1 saturated heterocycles. The molecule has 0 spiro atoms. The van der Waals surface area contributed by atoms with E-state index in [1.807, 2.05) is 0 Å². The lowest BCUT2D eigenvalue weighted by Gasteiger charge is -2.19. The Kier molecular flexibility index (Phi) is 8.84. The van der Waals surface area contributed by atoms with Gasteiger partial charge in [0, 0.05) is 16.5 Å². The van der Waals surface area contributed by atoms with Crippen molar-refractivity contribution in [3.8, 4) is 11.5 Å². The third-order valence-electron chi connectivity index (χ3n) is 5.12. The molecule has 4 amide bonds. The number of amides is 4. The van der Waals surface area contributed by atoms with E-state index < -0.39 is 42.1 Å². The first-order valence-electron chi connectivity index (χ1n) is 10.6. The second kappa shape index (κ2) is 12.0. The number of methoxy groups -OCH3 is 2. The SMILES string of the molecule is COc1cccc(OC)c1C(=O)NN1C[C@@H](C(=O)OCC(=O)NNC(=O)c2ccc(Br)cc2)CC1=O. The topological polar surface area (TPSA) is 152 Å². The molecule has 13 heteroatoms. The fourth-order valence-corrected chi connectivity index (χ4v) is 3.58. The first-order chi connectivity index (χ1) is 17.2. The molecule has 1 aliphatic rings. The monoisotopic (exact) mass is 562 g/mol. The van der Waals surface area contributed by atoms with Gasteiger partial charge in [0.1, 0.15) is 17.1 Å². The summed E-state index contributed by atoms with van der Waals surface area (Å²) in [6, 6.07) is 11.2. The predicted molar refractivity (Wildman–Crippen MR) is 128 cm³/mol. The third kappa shape index (κ3) is 6.50. The van der Waals surface area contributed by atoms with Crippen LogP contribution in [-0.2, 0) is 19.1 Å². The number of ether oxygens (including phenoxy) is 3. The number of hydrazine groups is 2. The number of carbonyl (C=O) groups is 5. The van der Waals surface area contributed by atoms with Crippen LogP contribution in [0.15, 0.2) is 46.9 Å². The quantitative estimate of drug-likeness (QED) is 0.318. The summed E-state index contributed by atoms with van der Waals surface area (Å²) in [6.45, 7) is -0.822. The van der Waals surface area contributed by atoms with E-state index in [4.69, 9.17) is 14.2 Å². The fourth-order valence-electron chi connectivity index (χ4n) is 3.32. The van der Waals surface area contributed by atoms with Crippen molar-refractivity contribution in [2.75, 3.05) is 27.4 Å². The minimum atomic E-state index is -0.900. The van der Waals surface area contributed by atoms with Crippen LogP contribution in [0.25, 0.3) is 0 Å². The highest BCUT2D eigenvalue weighted by atomic mass is 79.9. The molecule has 2 aromatic rings. The second-order valence-electron chi connectivity index (χ2n) is 7.50. The predicted octanol–water partition coefficient (Wildman–Crippen LogP) is 0.964. The van der Waals surface area contributed by atoms with Gasteiger partial charge < -0.3 is 14.2 Å². The third-order valence-corrected chi connectivity index (χ3v) is 5.65. The van der Waals surface area contributed by atoms with Crippen molar-refractivity contribution in [1.82, 2.24) is 21.3 Å². The summed E-state index contributed by atoms with van der Waals surface area (Å²) >= 11 is 3.26. The van der Waals surface area contributed by atoms with Crippen molar-refractivity contribution in [2.24, 2.45) is 5.92 Å². The summed E-state index contributed by atoms with van der Waals surface area (Å²) in [5.74, 6) is -3.71. The van der Waals surface area contributed by atoms with E-state index in [1.165, 1.54) is 14.2 Å². The Morgan fingerprint density at radius 1 is 0.972 bits per heavy atom. The van der Waals surface area contributed by atoms with Crippen LogP contribution in [-0.4, -0.2) is 62.0 Å². The summed E-state index contributed by atoms with van der Waals surface area (Å²) in [6.07, 6.45) is -0.218. The molecule has 0 bridgehead atoms. The lowest BCUT2D eigenvalue weighted by molar-refractivity contribution is -0.152. The summed E-state index contributed by atoms with van der Waals surface area (Å²) < 4.78 is 16.1. The van der Waals surface area contributed by atoms with Gasteiger partial charge in [-0.25, -0.2) is 0 Å². The first-order valence-corrected chi connectivity index (χ1v) is 11.4. The van der Waals surface area contributed by atoms with Crippen molar-refractivity contribution in [1.29, 1.82) is 0 Å².